The van der Waals surface area contributed by atoms with Gasteiger partial charge in [-0.3, -0.25) is 0 Å². The first-order valence-corrected chi connectivity index (χ1v) is 8.79. The summed E-state index contributed by atoms with van der Waals surface area (Å²) in [7, 11) is 0. The number of para-hydroxylation sites is 1. The lowest BCUT2D eigenvalue weighted by Gasteiger charge is -2.10. The molecule has 0 saturated heterocycles. The number of nitrogens with zero attached hydrogens (tertiary/aromatic N) is 2. The first kappa shape index (κ1) is 15.3. The molecule has 2 aromatic heterocycles. The Kier molecular flexibility index (Phi) is 4.04. The maximum atomic E-state index is 6.25. The van der Waals surface area contributed by atoms with Crippen molar-refractivity contribution in [2.45, 2.75) is 17.4 Å². The van der Waals surface area contributed by atoms with Gasteiger partial charge in [-0.25, -0.2) is 0 Å². The van der Waals surface area contributed by atoms with Crippen molar-refractivity contribution in [1.82, 2.24) is 15.2 Å². The van der Waals surface area contributed by atoms with E-state index in [2.05, 4.69) is 22.1 Å². The predicted molar refractivity (Wildman–Crippen MR) is 97.3 cm³/mol. The molecule has 2 heterocycles. The standard InChI is InChI=1S/C18H14ClN3OS/c1-11(12-6-2-4-8-15(12)19)24-18-22-21-17(23-18)14-10-20-16-9-5-3-7-13(14)16/h2-11,20H,1H3/t11-/m0/s1. The van der Waals surface area contributed by atoms with Crippen LogP contribution < -0.4 is 0 Å². The van der Waals surface area contributed by atoms with Gasteiger partial charge >= 0.3 is 0 Å². The molecule has 0 unspecified atom stereocenters. The van der Waals surface area contributed by atoms with Gasteiger partial charge in [0, 0.05) is 27.4 Å². The van der Waals surface area contributed by atoms with E-state index in [0.29, 0.717) is 11.1 Å². The summed E-state index contributed by atoms with van der Waals surface area (Å²) in [4.78, 5) is 3.22. The normalized spacial score (nSPS) is 12.6. The van der Waals surface area contributed by atoms with E-state index in [-0.39, 0.29) is 5.25 Å². The van der Waals surface area contributed by atoms with Crippen molar-refractivity contribution in [2.75, 3.05) is 0 Å². The van der Waals surface area contributed by atoms with Gasteiger partial charge in [0.05, 0.1) is 5.56 Å². The lowest BCUT2D eigenvalue weighted by Crippen LogP contribution is -1.89. The van der Waals surface area contributed by atoms with Crippen molar-refractivity contribution < 1.29 is 4.42 Å². The van der Waals surface area contributed by atoms with Gasteiger partial charge in [0.25, 0.3) is 11.1 Å². The number of hydrogen-bond acceptors (Lipinski definition) is 4. The number of H-pyrrole nitrogens is 1. The van der Waals surface area contributed by atoms with Crippen LogP contribution in [0.4, 0.5) is 0 Å². The summed E-state index contributed by atoms with van der Waals surface area (Å²) in [5, 5.41) is 10.8. The van der Waals surface area contributed by atoms with Crippen LogP contribution in [0.5, 0.6) is 0 Å². The number of aromatic nitrogens is 3. The molecule has 0 spiro atoms. The molecule has 0 aliphatic rings. The summed E-state index contributed by atoms with van der Waals surface area (Å²) in [5.74, 6) is 0.515. The number of aromatic amines is 1. The monoisotopic (exact) mass is 355 g/mol. The minimum atomic E-state index is 0.120. The summed E-state index contributed by atoms with van der Waals surface area (Å²) in [6.45, 7) is 2.07. The Bertz CT molecular complexity index is 995. The Morgan fingerprint density at radius 1 is 1.08 bits per heavy atom. The molecular formula is C18H14ClN3OS. The number of hydrogen-bond donors (Lipinski definition) is 1. The van der Waals surface area contributed by atoms with Crippen LogP contribution in [0.3, 0.4) is 0 Å². The minimum absolute atomic E-state index is 0.120. The van der Waals surface area contributed by atoms with Gasteiger partial charge in [0.1, 0.15) is 0 Å². The number of halogens is 1. The van der Waals surface area contributed by atoms with E-state index in [9.17, 15) is 0 Å². The highest BCUT2D eigenvalue weighted by molar-refractivity contribution is 7.99. The zero-order chi connectivity index (χ0) is 16.5. The maximum Gasteiger partial charge on any atom is 0.277 e. The van der Waals surface area contributed by atoms with Crippen molar-refractivity contribution in [3.8, 4) is 11.5 Å². The van der Waals surface area contributed by atoms with E-state index < -0.39 is 0 Å². The van der Waals surface area contributed by atoms with Gasteiger partial charge in [0.15, 0.2) is 0 Å². The molecule has 6 heteroatoms. The molecule has 0 amide bonds. The number of benzene rings is 2. The van der Waals surface area contributed by atoms with Crippen molar-refractivity contribution in [1.29, 1.82) is 0 Å². The third kappa shape index (κ3) is 2.81. The zero-order valence-electron chi connectivity index (χ0n) is 12.9. The zero-order valence-corrected chi connectivity index (χ0v) is 14.4. The van der Waals surface area contributed by atoms with E-state index in [4.69, 9.17) is 16.0 Å². The molecule has 24 heavy (non-hydrogen) atoms. The summed E-state index contributed by atoms with van der Waals surface area (Å²) >= 11 is 7.75. The van der Waals surface area contributed by atoms with E-state index in [0.717, 1.165) is 27.1 Å². The lowest BCUT2D eigenvalue weighted by atomic mass is 10.2. The summed E-state index contributed by atoms with van der Waals surface area (Å²) in [6.07, 6.45) is 1.89. The number of nitrogens with one attached hydrogen (secondary N) is 1. The number of thioether (sulfide) groups is 1. The highest BCUT2D eigenvalue weighted by Crippen LogP contribution is 2.38. The third-order valence-electron chi connectivity index (χ3n) is 3.85. The quantitative estimate of drug-likeness (QED) is 0.475. The van der Waals surface area contributed by atoms with Crippen molar-refractivity contribution in [3.63, 3.8) is 0 Å². The van der Waals surface area contributed by atoms with Crippen LogP contribution in [0.15, 0.2) is 64.4 Å². The summed E-state index contributed by atoms with van der Waals surface area (Å²) in [5.41, 5.74) is 3.01. The molecule has 4 rings (SSSR count). The van der Waals surface area contributed by atoms with Gasteiger partial charge in [-0.1, -0.05) is 59.8 Å². The molecule has 1 N–H and O–H groups in total. The smallest absolute Gasteiger partial charge is 0.277 e. The van der Waals surface area contributed by atoms with E-state index in [1.807, 2.05) is 54.7 Å². The molecular weight excluding hydrogens is 342 g/mol. The SMILES string of the molecule is C[C@H](Sc1nnc(-c2c[nH]c3ccccc23)o1)c1ccccc1Cl. The van der Waals surface area contributed by atoms with Gasteiger partial charge in [-0.15, -0.1) is 10.2 Å². The fourth-order valence-electron chi connectivity index (χ4n) is 2.63. The van der Waals surface area contributed by atoms with Gasteiger partial charge in [0.2, 0.25) is 0 Å². The van der Waals surface area contributed by atoms with E-state index >= 15 is 0 Å². The Labute approximate surface area is 148 Å². The minimum Gasteiger partial charge on any atom is -0.411 e. The van der Waals surface area contributed by atoms with Crippen LogP contribution in [0, 0.1) is 0 Å². The van der Waals surface area contributed by atoms with Crippen LogP contribution >= 0.6 is 23.4 Å². The van der Waals surface area contributed by atoms with Gasteiger partial charge in [-0.2, -0.15) is 0 Å². The van der Waals surface area contributed by atoms with Crippen LogP contribution in [0.2, 0.25) is 5.02 Å². The Morgan fingerprint density at radius 3 is 2.75 bits per heavy atom. The second kappa shape index (κ2) is 6.34. The topological polar surface area (TPSA) is 54.7 Å². The molecule has 4 nitrogen and oxygen atoms in total. The summed E-state index contributed by atoms with van der Waals surface area (Å²) in [6, 6.07) is 15.8. The molecule has 0 saturated carbocycles. The van der Waals surface area contributed by atoms with Crippen LogP contribution in [-0.4, -0.2) is 15.2 Å². The summed E-state index contributed by atoms with van der Waals surface area (Å²) < 4.78 is 5.85. The van der Waals surface area contributed by atoms with E-state index in [1.165, 1.54) is 11.8 Å². The molecule has 0 radical (unpaired) electrons. The molecule has 120 valence electrons. The Morgan fingerprint density at radius 2 is 1.88 bits per heavy atom. The Hall–Kier alpha value is -2.24. The molecule has 0 fully saturated rings. The third-order valence-corrected chi connectivity index (χ3v) is 5.17. The predicted octanol–water partition coefficient (Wildman–Crippen LogP) is 5.72. The highest BCUT2D eigenvalue weighted by Gasteiger charge is 2.17. The van der Waals surface area contributed by atoms with Crippen LogP contribution in [-0.2, 0) is 0 Å². The second-order valence-electron chi connectivity index (χ2n) is 5.40. The largest absolute Gasteiger partial charge is 0.411 e. The molecule has 0 aliphatic carbocycles. The van der Waals surface area contributed by atoms with Crippen LogP contribution in [0.25, 0.3) is 22.4 Å². The van der Waals surface area contributed by atoms with Crippen molar-refractivity contribution in [2.24, 2.45) is 0 Å². The average Bonchev–Trinajstić information content (AvgIpc) is 3.21. The fraction of sp³-hybridized carbons (Fsp3) is 0.111. The highest BCUT2D eigenvalue weighted by atomic mass is 35.5. The number of fused-ring (bicyclic) bond motifs is 1. The van der Waals surface area contributed by atoms with E-state index in [1.54, 1.807) is 0 Å². The molecule has 1 atom stereocenters. The fourth-order valence-corrected chi connectivity index (χ4v) is 3.85. The molecule has 4 aromatic rings. The lowest BCUT2D eigenvalue weighted by molar-refractivity contribution is 0.465. The first-order valence-electron chi connectivity index (χ1n) is 7.53. The average molecular weight is 356 g/mol. The van der Waals surface area contributed by atoms with Crippen LogP contribution in [0.1, 0.15) is 17.7 Å². The number of rotatable bonds is 4. The maximum absolute atomic E-state index is 6.25. The molecule has 2 aromatic carbocycles. The van der Waals surface area contributed by atoms with Crippen molar-refractivity contribution >= 4 is 34.3 Å². The van der Waals surface area contributed by atoms with Gasteiger partial charge < -0.3 is 9.40 Å². The first-order chi connectivity index (χ1) is 11.7. The molecule has 0 bridgehead atoms. The second-order valence-corrected chi connectivity index (χ2v) is 7.10. The van der Waals surface area contributed by atoms with Gasteiger partial charge in [-0.05, 0) is 24.6 Å². The van der Waals surface area contributed by atoms with Crippen molar-refractivity contribution in [3.05, 3.63) is 65.3 Å². The molecule has 0 aliphatic heterocycles. The Balaban J connectivity index is 1.60.